The summed E-state index contributed by atoms with van der Waals surface area (Å²) < 4.78 is 4.41. The zero-order valence-electron chi connectivity index (χ0n) is 11.8. The van der Waals surface area contributed by atoms with Gasteiger partial charge in [-0.1, -0.05) is 25.3 Å². The largest absolute Gasteiger partial charge is 0.466 e. The fourth-order valence-corrected chi connectivity index (χ4v) is 2.13. The van der Waals surface area contributed by atoms with Gasteiger partial charge in [0.2, 0.25) is 11.8 Å². The van der Waals surface area contributed by atoms with Crippen LogP contribution < -0.4 is 10.6 Å². The summed E-state index contributed by atoms with van der Waals surface area (Å²) in [4.78, 5) is 34.0. The van der Waals surface area contributed by atoms with Crippen molar-refractivity contribution < 1.29 is 19.1 Å². The van der Waals surface area contributed by atoms with Crippen LogP contribution in [-0.2, 0) is 19.1 Å². The smallest absolute Gasteiger partial charge is 0.330 e. The molecule has 0 atom stereocenters. The van der Waals surface area contributed by atoms with Crippen LogP contribution in [0, 0.1) is 5.92 Å². The number of carbonyl (C=O) groups excluding carboxylic acids is 3. The third-order valence-corrected chi connectivity index (χ3v) is 3.27. The molecule has 6 heteroatoms. The lowest BCUT2D eigenvalue weighted by Gasteiger charge is -2.20. The number of carbonyl (C=O) groups is 3. The van der Waals surface area contributed by atoms with Crippen LogP contribution in [0.3, 0.4) is 0 Å². The second-order valence-electron chi connectivity index (χ2n) is 4.78. The Kier molecular flexibility index (Phi) is 7.39. The Balaban J connectivity index is 2.14. The first-order valence-electron chi connectivity index (χ1n) is 6.92. The van der Waals surface area contributed by atoms with Gasteiger partial charge >= 0.3 is 5.97 Å². The van der Waals surface area contributed by atoms with Crippen molar-refractivity contribution in [2.24, 2.45) is 5.92 Å². The van der Waals surface area contributed by atoms with Crippen molar-refractivity contribution in [3.05, 3.63) is 12.2 Å². The summed E-state index contributed by atoms with van der Waals surface area (Å²) >= 11 is 0. The molecule has 20 heavy (non-hydrogen) atoms. The van der Waals surface area contributed by atoms with Gasteiger partial charge in [0.05, 0.1) is 13.7 Å². The van der Waals surface area contributed by atoms with E-state index in [1.165, 1.54) is 25.7 Å². The van der Waals surface area contributed by atoms with Crippen molar-refractivity contribution in [1.82, 2.24) is 10.6 Å². The summed E-state index contributed by atoms with van der Waals surface area (Å²) in [5, 5.41) is 5.22. The molecule has 0 aromatic heterocycles. The van der Waals surface area contributed by atoms with Crippen molar-refractivity contribution in [2.75, 3.05) is 20.2 Å². The quantitative estimate of drug-likeness (QED) is 0.550. The molecule has 0 aromatic rings. The highest BCUT2D eigenvalue weighted by molar-refractivity contribution is 5.86. The lowest BCUT2D eigenvalue weighted by atomic mass is 9.89. The lowest BCUT2D eigenvalue weighted by molar-refractivity contribution is -0.134. The predicted octanol–water partition coefficient (Wildman–Crippen LogP) is 0.528. The second kappa shape index (κ2) is 9.12. The average Bonchev–Trinajstić information content (AvgIpc) is 2.49. The molecular weight excluding hydrogens is 260 g/mol. The summed E-state index contributed by atoms with van der Waals surface area (Å²) in [5.74, 6) is -0.728. The number of amides is 2. The van der Waals surface area contributed by atoms with Gasteiger partial charge in [-0.2, -0.15) is 0 Å². The van der Waals surface area contributed by atoms with Gasteiger partial charge in [0.15, 0.2) is 0 Å². The molecule has 2 N–H and O–H groups in total. The number of hydrogen-bond donors (Lipinski definition) is 2. The SMILES string of the molecule is COC(=O)/C=C/CNC(=O)CNC(=O)C1CCCCC1. The number of esters is 1. The molecule has 1 rings (SSSR count). The predicted molar refractivity (Wildman–Crippen MR) is 73.8 cm³/mol. The monoisotopic (exact) mass is 282 g/mol. The van der Waals surface area contributed by atoms with E-state index < -0.39 is 5.97 Å². The van der Waals surface area contributed by atoms with E-state index in [9.17, 15) is 14.4 Å². The van der Waals surface area contributed by atoms with Crippen LogP contribution in [0.4, 0.5) is 0 Å². The standard InChI is InChI=1S/C14H22N2O4/c1-20-13(18)8-5-9-15-12(17)10-16-14(19)11-6-3-2-4-7-11/h5,8,11H,2-4,6-7,9-10H2,1H3,(H,15,17)(H,16,19)/b8-5+. The van der Waals surface area contributed by atoms with Crippen LogP contribution in [0.25, 0.3) is 0 Å². The van der Waals surface area contributed by atoms with Crippen molar-refractivity contribution in [3.8, 4) is 0 Å². The van der Waals surface area contributed by atoms with Gasteiger partial charge in [-0.25, -0.2) is 4.79 Å². The summed E-state index contributed by atoms with van der Waals surface area (Å²) in [7, 11) is 1.28. The molecule has 0 bridgehead atoms. The minimum absolute atomic E-state index is 0.0264. The molecule has 1 saturated carbocycles. The maximum atomic E-state index is 11.8. The third kappa shape index (κ3) is 6.36. The van der Waals surface area contributed by atoms with Gasteiger partial charge in [0.1, 0.15) is 0 Å². The van der Waals surface area contributed by atoms with E-state index in [4.69, 9.17) is 0 Å². The third-order valence-electron chi connectivity index (χ3n) is 3.27. The van der Waals surface area contributed by atoms with Crippen LogP contribution in [-0.4, -0.2) is 38.0 Å². The van der Waals surface area contributed by atoms with Crippen molar-refractivity contribution in [2.45, 2.75) is 32.1 Å². The van der Waals surface area contributed by atoms with E-state index in [1.54, 1.807) is 0 Å². The fraction of sp³-hybridized carbons (Fsp3) is 0.643. The number of hydrogen-bond acceptors (Lipinski definition) is 4. The van der Waals surface area contributed by atoms with Crippen LogP contribution in [0.1, 0.15) is 32.1 Å². The second-order valence-corrected chi connectivity index (χ2v) is 4.78. The molecule has 0 saturated heterocycles. The molecule has 1 aliphatic carbocycles. The molecule has 0 heterocycles. The van der Waals surface area contributed by atoms with Crippen LogP contribution >= 0.6 is 0 Å². The first-order chi connectivity index (χ1) is 9.63. The summed E-state index contributed by atoms with van der Waals surface area (Å²) in [5.41, 5.74) is 0. The highest BCUT2D eigenvalue weighted by Crippen LogP contribution is 2.23. The van der Waals surface area contributed by atoms with Crippen molar-refractivity contribution in [3.63, 3.8) is 0 Å². The van der Waals surface area contributed by atoms with Crippen molar-refractivity contribution in [1.29, 1.82) is 0 Å². The van der Waals surface area contributed by atoms with Gasteiger partial charge in [-0.3, -0.25) is 9.59 Å². The van der Waals surface area contributed by atoms with Gasteiger partial charge in [-0.05, 0) is 12.8 Å². The molecule has 1 aliphatic rings. The van der Waals surface area contributed by atoms with E-state index in [0.29, 0.717) is 0 Å². The maximum absolute atomic E-state index is 11.8. The summed E-state index contributed by atoms with van der Waals surface area (Å²) in [6, 6.07) is 0. The normalized spacial score (nSPS) is 15.8. The van der Waals surface area contributed by atoms with Crippen LogP contribution in [0.2, 0.25) is 0 Å². The Morgan fingerprint density at radius 1 is 1.15 bits per heavy atom. The lowest BCUT2D eigenvalue weighted by Crippen LogP contribution is -2.40. The fourth-order valence-electron chi connectivity index (χ4n) is 2.13. The van der Waals surface area contributed by atoms with E-state index in [1.807, 2.05) is 0 Å². The molecule has 112 valence electrons. The number of methoxy groups -OCH3 is 1. The Hall–Kier alpha value is -1.85. The molecule has 0 spiro atoms. The molecule has 6 nitrogen and oxygen atoms in total. The van der Waals surface area contributed by atoms with Gasteiger partial charge in [0.25, 0.3) is 0 Å². The van der Waals surface area contributed by atoms with Gasteiger partial charge in [-0.15, -0.1) is 0 Å². The van der Waals surface area contributed by atoms with E-state index in [2.05, 4.69) is 15.4 Å². The maximum Gasteiger partial charge on any atom is 0.330 e. The van der Waals surface area contributed by atoms with Gasteiger partial charge in [0, 0.05) is 18.5 Å². The number of rotatable bonds is 6. The number of ether oxygens (including phenoxy) is 1. The molecule has 0 aromatic carbocycles. The first kappa shape index (κ1) is 16.2. The zero-order chi connectivity index (χ0) is 14.8. The van der Waals surface area contributed by atoms with Crippen molar-refractivity contribution >= 4 is 17.8 Å². The molecule has 0 aliphatic heterocycles. The number of nitrogens with one attached hydrogen (secondary N) is 2. The molecule has 0 radical (unpaired) electrons. The van der Waals surface area contributed by atoms with Crippen LogP contribution in [0.15, 0.2) is 12.2 Å². The minimum Gasteiger partial charge on any atom is -0.466 e. The molecule has 2 amide bonds. The Bertz CT molecular complexity index is 373. The first-order valence-corrected chi connectivity index (χ1v) is 6.92. The Morgan fingerprint density at radius 2 is 1.85 bits per heavy atom. The summed E-state index contributed by atoms with van der Waals surface area (Å²) in [6.07, 6.45) is 7.92. The Morgan fingerprint density at radius 3 is 2.50 bits per heavy atom. The van der Waals surface area contributed by atoms with Crippen LogP contribution in [0.5, 0.6) is 0 Å². The molecular formula is C14H22N2O4. The van der Waals surface area contributed by atoms with Gasteiger partial charge < -0.3 is 15.4 Å². The van der Waals surface area contributed by atoms with E-state index >= 15 is 0 Å². The molecule has 1 fully saturated rings. The highest BCUT2D eigenvalue weighted by atomic mass is 16.5. The molecule has 0 unspecified atom stereocenters. The minimum atomic E-state index is -0.468. The topological polar surface area (TPSA) is 84.5 Å². The van der Waals surface area contributed by atoms with E-state index in [-0.39, 0.29) is 30.8 Å². The zero-order valence-corrected chi connectivity index (χ0v) is 11.8. The highest BCUT2D eigenvalue weighted by Gasteiger charge is 2.20. The summed E-state index contributed by atoms with van der Waals surface area (Å²) in [6.45, 7) is 0.203. The Labute approximate surface area is 118 Å². The average molecular weight is 282 g/mol. The van der Waals surface area contributed by atoms with E-state index in [0.717, 1.165) is 25.7 Å².